The van der Waals surface area contributed by atoms with Gasteiger partial charge in [0, 0.05) is 5.02 Å². The van der Waals surface area contributed by atoms with E-state index in [1.54, 1.807) is 12.1 Å². The van der Waals surface area contributed by atoms with Gasteiger partial charge in [0.05, 0.1) is 25.8 Å². The van der Waals surface area contributed by atoms with Crippen LogP contribution in [0.25, 0.3) is 21.9 Å². The Morgan fingerprint density at radius 1 is 0.842 bits per heavy atom. The van der Waals surface area contributed by atoms with Gasteiger partial charge in [0.2, 0.25) is 5.43 Å². The van der Waals surface area contributed by atoms with E-state index in [9.17, 15) is 4.79 Å². The third kappa shape index (κ3) is 2.00. The van der Waals surface area contributed by atoms with Crippen LogP contribution in [0.4, 0.5) is 0 Å². The van der Waals surface area contributed by atoms with Gasteiger partial charge in [-0.3, -0.25) is 4.79 Å². The normalized spacial score (nSPS) is 11.4. The van der Waals surface area contributed by atoms with Crippen LogP contribution >= 0.6 is 46.4 Å². The van der Waals surface area contributed by atoms with E-state index >= 15 is 0 Å². The van der Waals surface area contributed by atoms with Gasteiger partial charge in [-0.2, -0.15) is 0 Å². The Bertz CT molecular complexity index is 883. The first-order valence-electron chi connectivity index (χ1n) is 5.18. The van der Waals surface area contributed by atoms with Gasteiger partial charge in [0.25, 0.3) is 0 Å². The molecule has 0 radical (unpaired) electrons. The highest BCUT2D eigenvalue weighted by Crippen LogP contribution is 2.33. The summed E-state index contributed by atoms with van der Waals surface area (Å²) < 4.78 is 5.62. The molecule has 0 bridgehead atoms. The molecule has 0 saturated heterocycles. The van der Waals surface area contributed by atoms with E-state index in [0.29, 0.717) is 10.0 Å². The fourth-order valence-electron chi connectivity index (χ4n) is 1.91. The van der Waals surface area contributed by atoms with Crippen molar-refractivity contribution in [3.05, 3.63) is 54.6 Å². The van der Waals surface area contributed by atoms with Crippen LogP contribution in [0.15, 0.2) is 33.5 Å². The van der Waals surface area contributed by atoms with Crippen LogP contribution < -0.4 is 5.43 Å². The molecule has 1 aromatic heterocycles. The molecule has 19 heavy (non-hydrogen) atoms. The molecule has 0 aliphatic rings. The highest BCUT2D eigenvalue weighted by Gasteiger charge is 2.15. The van der Waals surface area contributed by atoms with E-state index in [4.69, 9.17) is 50.8 Å². The van der Waals surface area contributed by atoms with Gasteiger partial charge < -0.3 is 4.42 Å². The number of rotatable bonds is 0. The van der Waals surface area contributed by atoms with Crippen LogP contribution in [0.3, 0.4) is 0 Å². The SMILES string of the molecule is O=c1c2cc(Cl)cc(Cl)c2oc2c(Cl)ccc(Cl)c12. The summed E-state index contributed by atoms with van der Waals surface area (Å²) in [5, 5.41) is 1.66. The van der Waals surface area contributed by atoms with Crippen molar-refractivity contribution in [2.75, 3.05) is 0 Å². The van der Waals surface area contributed by atoms with Crippen molar-refractivity contribution in [2.24, 2.45) is 0 Å². The summed E-state index contributed by atoms with van der Waals surface area (Å²) in [5.74, 6) is 0. The second kappa shape index (κ2) is 4.57. The first-order chi connectivity index (χ1) is 8.99. The Morgan fingerprint density at radius 2 is 1.53 bits per heavy atom. The Labute approximate surface area is 127 Å². The number of halogens is 4. The second-order valence-electron chi connectivity index (χ2n) is 3.93. The van der Waals surface area contributed by atoms with Crippen LogP contribution in [0, 0.1) is 0 Å². The molecule has 96 valence electrons. The molecule has 3 rings (SSSR count). The molecule has 0 spiro atoms. The summed E-state index contributed by atoms with van der Waals surface area (Å²) in [4.78, 5) is 12.4. The van der Waals surface area contributed by atoms with Crippen LogP contribution in [-0.2, 0) is 0 Å². The lowest BCUT2D eigenvalue weighted by atomic mass is 10.1. The Balaban J connectivity index is 2.69. The number of hydrogen-bond donors (Lipinski definition) is 0. The topological polar surface area (TPSA) is 30.2 Å². The quantitative estimate of drug-likeness (QED) is 0.504. The first kappa shape index (κ1) is 13.1. The lowest BCUT2D eigenvalue weighted by molar-refractivity contribution is 0.660. The molecule has 0 amide bonds. The summed E-state index contributed by atoms with van der Waals surface area (Å²) in [7, 11) is 0. The standard InChI is InChI=1S/C13H4Cl4O2/c14-5-3-6-11(18)10-7(15)1-2-8(16)13(10)19-12(6)9(17)4-5/h1-4H. The van der Waals surface area contributed by atoms with Crippen molar-refractivity contribution < 1.29 is 4.42 Å². The third-order valence-corrected chi connectivity index (χ3v) is 3.85. The van der Waals surface area contributed by atoms with E-state index in [2.05, 4.69) is 0 Å². The zero-order valence-corrected chi connectivity index (χ0v) is 12.2. The van der Waals surface area contributed by atoms with Gasteiger partial charge in [-0.05, 0) is 24.3 Å². The molecule has 0 saturated carbocycles. The van der Waals surface area contributed by atoms with Gasteiger partial charge >= 0.3 is 0 Å². The maximum atomic E-state index is 12.4. The van der Waals surface area contributed by atoms with Crippen molar-refractivity contribution in [3.8, 4) is 0 Å². The monoisotopic (exact) mass is 332 g/mol. The lowest BCUT2D eigenvalue weighted by Crippen LogP contribution is -2.03. The van der Waals surface area contributed by atoms with E-state index in [1.165, 1.54) is 12.1 Å². The second-order valence-corrected chi connectivity index (χ2v) is 5.59. The summed E-state index contributed by atoms with van der Waals surface area (Å²) >= 11 is 24.0. The highest BCUT2D eigenvalue weighted by atomic mass is 35.5. The summed E-state index contributed by atoms with van der Waals surface area (Å²) in [6.45, 7) is 0. The minimum atomic E-state index is -0.312. The van der Waals surface area contributed by atoms with Crippen LogP contribution in [0.1, 0.15) is 0 Å². The van der Waals surface area contributed by atoms with Crippen molar-refractivity contribution in [3.63, 3.8) is 0 Å². The van der Waals surface area contributed by atoms with Gasteiger partial charge in [-0.1, -0.05) is 46.4 Å². The fraction of sp³-hybridized carbons (Fsp3) is 0. The molecule has 1 heterocycles. The Hall–Kier alpha value is -0.930. The maximum absolute atomic E-state index is 12.4. The molecule has 0 aliphatic carbocycles. The molecule has 0 aliphatic heterocycles. The fourth-order valence-corrected chi connectivity index (χ4v) is 2.88. The smallest absolute Gasteiger partial charge is 0.202 e. The summed E-state index contributed by atoms with van der Waals surface area (Å²) in [5.41, 5.74) is 0.150. The van der Waals surface area contributed by atoms with Crippen molar-refractivity contribution in [2.45, 2.75) is 0 Å². The van der Waals surface area contributed by atoms with Gasteiger partial charge in [-0.15, -0.1) is 0 Å². The lowest BCUT2D eigenvalue weighted by Gasteiger charge is -2.06. The van der Waals surface area contributed by atoms with Gasteiger partial charge in [-0.25, -0.2) is 0 Å². The largest absolute Gasteiger partial charge is 0.453 e. The number of hydrogen-bond acceptors (Lipinski definition) is 2. The summed E-state index contributed by atoms with van der Waals surface area (Å²) in [6, 6.07) is 6.09. The summed E-state index contributed by atoms with van der Waals surface area (Å²) in [6.07, 6.45) is 0. The van der Waals surface area contributed by atoms with Crippen LogP contribution in [0.5, 0.6) is 0 Å². The van der Waals surface area contributed by atoms with Crippen LogP contribution in [0.2, 0.25) is 20.1 Å². The minimum absolute atomic E-state index is 0.218. The molecule has 2 aromatic carbocycles. The Morgan fingerprint density at radius 3 is 2.26 bits per heavy atom. The maximum Gasteiger partial charge on any atom is 0.202 e. The minimum Gasteiger partial charge on any atom is -0.453 e. The van der Waals surface area contributed by atoms with E-state index in [1.807, 2.05) is 0 Å². The molecule has 0 fully saturated rings. The van der Waals surface area contributed by atoms with Crippen molar-refractivity contribution in [1.82, 2.24) is 0 Å². The van der Waals surface area contributed by atoms with Gasteiger partial charge in [0.1, 0.15) is 0 Å². The van der Waals surface area contributed by atoms with Crippen molar-refractivity contribution >= 4 is 68.3 Å². The average molecular weight is 334 g/mol. The molecule has 0 N–H and O–H groups in total. The van der Waals surface area contributed by atoms with E-state index in [0.717, 1.165) is 0 Å². The molecule has 0 unspecified atom stereocenters. The van der Waals surface area contributed by atoms with Crippen LogP contribution in [-0.4, -0.2) is 0 Å². The Kier molecular flexibility index (Phi) is 3.14. The zero-order valence-electron chi connectivity index (χ0n) is 9.14. The molecular formula is C13H4Cl4O2. The van der Waals surface area contributed by atoms with Gasteiger partial charge in [0.15, 0.2) is 11.2 Å². The molecule has 3 aromatic rings. The predicted molar refractivity (Wildman–Crippen MR) is 80.0 cm³/mol. The number of fused-ring (bicyclic) bond motifs is 2. The van der Waals surface area contributed by atoms with E-state index < -0.39 is 0 Å². The molecular weight excluding hydrogens is 330 g/mol. The van der Waals surface area contributed by atoms with Crippen molar-refractivity contribution in [1.29, 1.82) is 0 Å². The third-order valence-electron chi connectivity index (χ3n) is 2.74. The molecule has 6 heteroatoms. The zero-order chi connectivity index (χ0) is 13.7. The predicted octanol–water partition coefficient (Wildman–Crippen LogP) is 5.56. The first-order valence-corrected chi connectivity index (χ1v) is 6.70. The highest BCUT2D eigenvalue weighted by molar-refractivity contribution is 6.41. The molecule has 0 atom stereocenters. The molecule has 2 nitrogen and oxygen atoms in total. The van der Waals surface area contributed by atoms with E-state index in [-0.39, 0.29) is 37.4 Å². The average Bonchev–Trinajstić information content (AvgIpc) is 2.35. The number of benzene rings is 2.